The minimum atomic E-state index is -0.812. The number of amides is 1. The molecule has 0 bridgehead atoms. The average Bonchev–Trinajstić information content (AvgIpc) is 2.63. The number of rotatable bonds is 7. The molecule has 2 aromatic rings. The first-order chi connectivity index (χ1) is 12.4. The molecule has 138 valence electrons. The quantitative estimate of drug-likeness (QED) is 0.461. The second-order valence-corrected chi connectivity index (χ2v) is 6.84. The first kappa shape index (κ1) is 20.6. The smallest absolute Gasteiger partial charge is 0.341 e. The van der Waals surface area contributed by atoms with E-state index in [9.17, 15) is 9.59 Å². The highest BCUT2D eigenvalue weighted by atomic mass is 35.5. The molecule has 0 radical (unpaired) electrons. The molecule has 0 unspecified atom stereocenters. The summed E-state index contributed by atoms with van der Waals surface area (Å²) in [7, 11) is 0. The van der Waals surface area contributed by atoms with Crippen LogP contribution in [0.2, 0.25) is 15.1 Å². The average molecular weight is 415 g/mol. The first-order valence-electron chi connectivity index (χ1n) is 8.11. The molecule has 2 aromatic carbocycles. The Kier molecular flexibility index (Phi) is 7.76. The van der Waals surface area contributed by atoms with Crippen LogP contribution in [0.5, 0.6) is 0 Å². The number of benzene rings is 2. The van der Waals surface area contributed by atoms with E-state index >= 15 is 0 Å². The summed E-state index contributed by atoms with van der Waals surface area (Å²) in [6.07, 6.45) is 3.25. The van der Waals surface area contributed by atoms with E-state index in [0.717, 1.165) is 19.3 Å². The zero-order valence-electron chi connectivity index (χ0n) is 14.2. The van der Waals surface area contributed by atoms with Crippen LogP contribution in [0.1, 0.15) is 35.7 Å². The lowest BCUT2D eigenvalue weighted by Gasteiger charge is -2.10. The van der Waals surface area contributed by atoms with Gasteiger partial charge in [0.1, 0.15) is 0 Å². The Balaban J connectivity index is 1.91. The molecule has 0 aliphatic heterocycles. The fourth-order valence-electron chi connectivity index (χ4n) is 2.25. The van der Waals surface area contributed by atoms with Gasteiger partial charge in [-0.1, -0.05) is 60.3 Å². The molecule has 0 fully saturated rings. The van der Waals surface area contributed by atoms with Crippen LogP contribution in [-0.4, -0.2) is 18.5 Å². The summed E-state index contributed by atoms with van der Waals surface area (Å²) in [6, 6.07) is 10.5. The van der Waals surface area contributed by atoms with E-state index in [2.05, 4.69) is 12.2 Å². The van der Waals surface area contributed by atoms with Crippen molar-refractivity contribution in [3.05, 3.63) is 62.6 Å². The van der Waals surface area contributed by atoms with Crippen molar-refractivity contribution in [1.29, 1.82) is 0 Å². The lowest BCUT2D eigenvalue weighted by Crippen LogP contribution is -2.21. The van der Waals surface area contributed by atoms with Crippen molar-refractivity contribution in [3.63, 3.8) is 0 Å². The molecule has 0 saturated heterocycles. The van der Waals surface area contributed by atoms with Gasteiger partial charge in [0.25, 0.3) is 5.91 Å². The van der Waals surface area contributed by atoms with Crippen LogP contribution in [0.15, 0.2) is 36.4 Å². The second-order valence-electron chi connectivity index (χ2n) is 5.64. The number of carbonyl (C=O) groups excluding carboxylic acids is 2. The Bertz CT molecular complexity index is 791. The Morgan fingerprint density at radius 2 is 1.65 bits per heavy atom. The van der Waals surface area contributed by atoms with Crippen LogP contribution in [0.25, 0.3) is 0 Å². The lowest BCUT2D eigenvalue weighted by atomic mass is 10.1. The SMILES string of the molecule is CCCCc1ccc(NC(=O)COC(=O)c2c(Cl)ccc(Cl)c2Cl)cc1. The summed E-state index contributed by atoms with van der Waals surface area (Å²) in [5.41, 5.74) is 1.78. The van der Waals surface area contributed by atoms with E-state index in [-0.39, 0.29) is 20.6 Å². The molecule has 0 atom stereocenters. The molecule has 7 heteroatoms. The molecular formula is C19H18Cl3NO3. The summed E-state index contributed by atoms with van der Waals surface area (Å²) >= 11 is 17.8. The summed E-state index contributed by atoms with van der Waals surface area (Å²) in [6.45, 7) is 1.68. The molecule has 1 amide bonds. The number of esters is 1. The van der Waals surface area contributed by atoms with Gasteiger partial charge in [-0.05, 0) is 42.7 Å². The van der Waals surface area contributed by atoms with Crippen LogP contribution >= 0.6 is 34.8 Å². The number of unbranched alkanes of at least 4 members (excludes halogenated alkanes) is 1. The van der Waals surface area contributed by atoms with Crippen molar-refractivity contribution in [1.82, 2.24) is 0 Å². The molecule has 0 saturated carbocycles. The van der Waals surface area contributed by atoms with E-state index < -0.39 is 18.5 Å². The predicted molar refractivity (Wildman–Crippen MR) is 105 cm³/mol. The van der Waals surface area contributed by atoms with Crippen molar-refractivity contribution in [2.75, 3.05) is 11.9 Å². The van der Waals surface area contributed by atoms with Gasteiger partial charge in [0.05, 0.1) is 20.6 Å². The van der Waals surface area contributed by atoms with E-state index in [4.69, 9.17) is 39.5 Å². The van der Waals surface area contributed by atoms with E-state index in [1.165, 1.54) is 17.7 Å². The molecule has 1 N–H and O–H groups in total. The van der Waals surface area contributed by atoms with Crippen molar-refractivity contribution < 1.29 is 14.3 Å². The first-order valence-corrected chi connectivity index (χ1v) is 9.25. The molecule has 0 aliphatic carbocycles. The number of hydrogen-bond donors (Lipinski definition) is 1. The summed E-state index contributed by atoms with van der Waals surface area (Å²) in [5.74, 6) is -1.28. The van der Waals surface area contributed by atoms with Gasteiger partial charge < -0.3 is 10.1 Å². The third-order valence-electron chi connectivity index (χ3n) is 3.64. The number of anilines is 1. The second kappa shape index (κ2) is 9.81. The van der Waals surface area contributed by atoms with Crippen molar-refractivity contribution >= 4 is 52.4 Å². The zero-order valence-corrected chi connectivity index (χ0v) is 16.4. The maximum Gasteiger partial charge on any atom is 0.341 e. The molecule has 4 nitrogen and oxygen atoms in total. The monoisotopic (exact) mass is 413 g/mol. The van der Waals surface area contributed by atoms with Crippen molar-refractivity contribution in [2.45, 2.75) is 26.2 Å². The Hall–Kier alpha value is -1.75. The Morgan fingerprint density at radius 3 is 2.31 bits per heavy atom. The number of hydrogen-bond acceptors (Lipinski definition) is 3. The van der Waals surface area contributed by atoms with Gasteiger partial charge in [-0.25, -0.2) is 4.79 Å². The zero-order chi connectivity index (χ0) is 19.1. The summed E-state index contributed by atoms with van der Waals surface area (Å²) < 4.78 is 4.98. The predicted octanol–water partition coefficient (Wildman–Crippen LogP) is 5.78. The van der Waals surface area contributed by atoms with Crippen molar-refractivity contribution in [2.24, 2.45) is 0 Å². The molecule has 0 heterocycles. The number of ether oxygens (including phenoxy) is 1. The fraction of sp³-hybridized carbons (Fsp3) is 0.263. The fourth-order valence-corrected chi connectivity index (χ4v) is 2.93. The van der Waals surface area contributed by atoms with Gasteiger partial charge in [0.2, 0.25) is 0 Å². The number of nitrogens with one attached hydrogen (secondary N) is 1. The van der Waals surface area contributed by atoms with Gasteiger partial charge in [0, 0.05) is 5.69 Å². The van der Waals surface area contributed by atoms with E-state index in [0.29, 0.717) is 5.69 Å². The largest absolute Gasteiger partial charge is 0.452 e. The van der Waals surface area contributed by atoms with Gasteiger partial charge in [-0.15, -0.1) is 0 Å². The van der Waals surface area contributed by atoms with Crippen LogP contribution < -0.4 is 5.32 Å². The summed E-state index contributed by atoms with van der Waals surface area (Å²) in [5, 5.41) is 2.94. The van der Waals surface area contributed by atoms with Gasteiger partial charge in [-0.2, -0.15) is 0 Å². The van der Waals surface area contributed by atoms with Gasteiger partial charge >= 0.3 is 5.97 Å². The number of carbonyl (C=O) groups is 2. The molecule has 0 aromatic heterocycles. The Morgan fingerprint density at radius 1 is 1.00 bits per heavy atom. The van der Waals surface area contributed by atoms with Crippen LogP contribution in [0.3, 0.4) is 0 Å². The van der Waals surface area contributed by atoms with Gasteiger partial charge in [0.15, 0.2) is 6.61 Å². The minimum absolute atomic E-state index is 0.00718. The van der Waals surface area contributed by atoms with Crippen LogP contribution in [0.4, 0.5) is 5.69 Å². The molecule has 2 rings (SSSR count). The molecule has 26 heavy (non-hydrogen) atoms. The van der Waals surface area contributed by atoms with Crippen molar-refractivity contribution in [3.8, 4) is 0 Å². The third-order valence-corrected chi connectivity index (χ3v) is 4.76. The van der Waals surface area contributed by atoms with Gasteiger partial charge in [-0.3, -0.25) is 4.79 Å². The molecule has 0 aliphatic rings. The van der Waals surface area contributed by atoms with E-state index in [1.807, 2.05) is 24.3 Å². The molecular weight excluding hydrogens is 397 g/mol. The topological polar surface area (TPSA) is 55.4 Å². The highest BCUT2D eigenvalue weighted by molar-refractivity contribution is 6.46. The Labute approximate surface area is 167 Å². The molecule has 0 spiro atoms. The maximum absolute atomic E-state index is 12.1. The van der Waals surface area contributed by atoms with Crippen LogP contribution in [-0.2, 0) is 16.0 Å². The normalized spacial score (nSPS) is 10.5. The van der Waals surface area contributed by atoms with Crippen LogP contribution in [0, 0.1) is 0 Å². The highest BCUT2D eigenvalue weighted by Crippen LogP contribution is 2.31. The number of aryl methyl sites for hydroxylation is 1. The lowest BCUT2D eigenvalue weighted by molar-refractivity contribution is -0.119. The summed E-state index contributed by atoms with van der Waals surface area (Å²) in [4.78, 5) is 24.1. The minimum Gasteiger partial charge on any atom is -0.452 e. The number of halogens is 3. The maximum atomic E-state index is 12.1. The van der Waals surface area contributed by atoms with E-state index in [1.54, 1.807) is 0 Å². The standard InChI is InChI=1S/C19H18Cl3NO3/c1-2-3-4-12-5-7-13(8-6-12)23-16(24)11-26-19(25)17-14(20)9-10-15(21)18(17)22/h5-10H,2-4,11H2,1H3,(H,23,24). The third kappa shape index (κ3) is 5.63. The highest BCUT2D eigenvalue weighted by Gasteiger charge is 2.19.